The van der Waals surface area contributed by atoms with Gasteiger partial charge >= 0.3 is 0 Å². The second-order valence-corrected chi connectivity index (χ2v) is 5.69. The second kappa shape index (κ2) is 6.35. The molecule has 1 aliphatic carbocycles. The van der Waals surface area contributed by atoms with Crippen molar-refractivity contribution < 1.29 is 5.11 Å². The molecule has 1 fully saturated rings. The number of rotatable bonds is 4. The molecule has 0 spiro atoms. The van der Waals surface area contributed by atoms with Crippen molar-refractivity contribution in [2.24, 2.45) is 11.8 Å². The molecule has 0 radical (unpaired) electrons. The lowest BCUT2D eigenvalue weighted by Crippen LogP contribution is -2.43. The predicted molar refractivity (Wildman–Crippen MR) is 75.4 cm³/mol. The summed E-state index contributed by atoms with van der Waals surface area (Å²) in [5.74, 6) is 1.47. The van der Waals surface area contributed by atoms with Gasteiger partial charge in [0, 0.05) is 6.04 Å². The summed E-state index contributed by atoms with van der Waals surface area (Å²) in [6, 6.07) is 10.9. The molecule has 0 aliphatic heterocycles. The molecule has 1 aromatic carbocycles. The maximum Gasteiger partial charge on any atom is 0.0626 e. The summed E-state index contributed by atoms with van der Waals surface area (Å²) in [4.78, 5) is 0. The van der Waals surface area contributed by atoms with E-state index < -0.39 is 0 Å². The van der Waals surface area contributed by atoms with Crippen molar-refractivity contribution in [2.75, 3.05) is 6.61 Å². The number of benzene rings is 1. The Kier molecular flexibility index (Phi) is 4.79. The van der Waals surface area contributed by atoms with E-state index in [4.69, 9.17) is 0 Å². The largest absolute Gasteiger partial charge is 0.394 e. The minimum atomic E-state index is 0.0731. The topological polar surface area (TPSA) is 32.3 Å². The Morgan fingerprint density at radius 2 is 1.94 bits per heavy atom. The minimum absolute atomic E-state index is 0.0731. The van der Waals surface area contributed by atoms with Crippen LogP contribution >= 0.6 is 0 Å². The molecular formula is C16H25NO. The van der Waals surface area contributed by atoms with Crippen LogP contribution in [0.15, 0.2) is 30.3 Å². The van der Waals surface area contributed by atoms with E-state index in [1.54, 1.807) is 0 Å². The average Bonchev–Trinajstić information content (AvgIpc) is 2.41. The highest BCUT2D eigenvalue weighted by Gasteiger charge is 2.28. The highest BCUT2D eigenvalue weighted by Crippen LogP contribution is 2.31. The first-order chi connectivity index (χ1) is 8.72. The molecule has 4 atom stereocenters. The van der Waals surface area contributed by atoms with Crippen molar-refractivity contribution in [1.29, 1.82) is 0 Å². The zero-order valence-corrected chi connectivity index (χ0v) is 11.5. The lowest BCUT2D eigenvalue weighted by atomic mass is 9.77. The van der Waals surface area contributed by atoms with Crippen molar-refractivity contribution in [3.63, 3.8) is 0 Å². The van der Waals surface area contributed by atoms with Gasteiger partial charge in [-0.3, -0.25) is 0 Å². The molecule has 2 N–H and O–H groups in total. The molecule has 100 valence electrons. The standard InChI is InChI=1S/C16H25NO/c1-12-7-6-10-15(13(12)2)17-16(11-18)14-8-4-3-5-9-14/h3-5,8-9,12-13,15-18H,6-7,10-11H2,1-2H3. The van der Waals surface area contributed by atoms with E-state index in [2.05, 4.69) is 31.3 Å². The lowest BCUT2D eigenvalue weighted by Gasteiger charge is -2.37. The monoisotopic (exact) mass is 247 g/mol. The van der Waals surface area contributed by atoms with E-state index >= 15 is 0 Å². The van der Waals surface area contributed by atoms with Crippen LogP contribution in [0.5, 0.6) is 0 Å². The highest BCUT2D eigenvalue weighted by molar-refractivity contribution is 5.19. The Balaban J connectivity index is 2.02. The summed E-state index contributed by atoms with van der Waals surface area (Å²) in [5.41, 5.74) is 1.19. The van der Waals surface area contributed by atoms with Gasteiger partial charge in [0.25, 0.3) is 0 Å². The molecular weight excluding hydrogens is 222 g/mol. The number of nitrogens with one attached hydrogen (secondary N) is 1. The maximum atomic E-state index is 9.60. The van der Waals surface area contributed by atoms with Gasteiger partial charge in [-0.15, -0.1) is 0 Å². The molecule has 0 saturated heterocycles. The fraction of sp³-hybridized carbons (Fsp3) is 0.625. The maximum absolute atomic E-state index is 9.60. The molecule has 1 aromatic rings. The molecule has 0 amide bonds. The summed E-state index contributed by atoms with van der Waals surface area (Å²) in [7, 11) is 0. The molecule has 2 nitrogen and oxygen atoms in total. The van der Waals surface area contributed by atoms with E-state index in [1.807, 2.05) is 18.2 Å². The fourth-order valence-electron chi connectivity index (χ4n) is 3.02. The van der Waals surface area contributed by atoms with Crippen molar-refractivity contribution in [3.8, 4) is 0 Å². The Labute approximate surface area is 110 Å². The van der Waals surface area contributed by atoms with Crippen LogP contribution in [0.2, 0.25) is 0 Å². The van der Waals surface area contributed by atoms with E-state index in [1.165, 1.54) is 24.8 Å². The average molecular weight is 247 g/mol. The summed E-state index contributed by atoms with van der Waals surface area (Å²) in [5, 5.41) is 13.3. The number of hydrogen-bond donors (Lipinski definition) is 2. The highest BCUT2D eigenvalue weighted by atomic mass is 16.3. The third-order valence-corrected chi connectivity index (χ3v) is 4.51. The van der Waals surface area contributed by atoms with Crippen molar-refractivity contribution in [2.45, 2.75) is 45.2 Å². The zero-order chi connectivity index (χ0) is 13.0. The number of hydrogen-bond acceptors (Lipinski definition) is 2. The van der Waals surface area contributed by atoms with Gasteiger partial charge in [-0.25, -0.2) is 0 Å². The van der Waals surface area contributed by atoms with Crippen LogP contribution in [0.3, 0.4) is 0 Å². The number of aliphatic hydroxyl groups excluding tert-OH is 1. The fourth-order valence-corrected chi connectivity index (χ4v) is 3.02. The SMILES string of the molecule is CC1CCCC(NC(CO)c2ccccc2)C1C. The first-order valence-electron chi connectivity index (χ1n) is 7.14. The van der Waals surface area contributed by atoms with Gasteiger partial charge < -0.3 is 10.4 Å². The molecule has 18 heavy (non-hydrogen) atoms. The Morgan fingerprint density at radius 1 is 1.22 bits per heavy atom. The van der Waals surface area contributed by atoms with Gasteiger partial charge in [0.05, 0.1) is 12.6 Å². The van der Waals surface area contributed by atoms with Gasteiger partial charge in [0.2, 0.25) is 0 Å². The van der Waals surface area contributed by atoms with Crippen molar-refractivity contribution in [1.82, 2.24) is 5.32 Å². The minimum Gasteiger partial charge on any atom is -0.394 e. The van der Waals surface area contributed by atoms with Crippen LogP contribution in [0.25, 0.3) is 0 Å². The second-order valence-electron chi connectivity index (χ2n) is 5.69. The smallest absolute Gasteiger partial charge is 0.0626 e. The summed E-state index contributed by atoms with van der Waals surface area (Å²) in [6.07, 6.45) is 3.87. The molecule has 4 unspecified atom stereocenters. The van der Waals surface area contributed by atoms with Crippen LogP contribution < -0.4 is 5.32 Å². The third kappa shape index (κ3) is 3.12. The molecule has 2 rings (SSSR count). The Morgan fingerprint density at radius 3 is 2.61 bits per heavy atom. The van der Waals surface area contributed by atoms with Gasteiger partial charge in [-0.05, 0) is 23.8 Å². The van der Waals surface area contributed by atoms with Gasteiger partial charge in [-0.2, -0.15) is 0 Å². The molecule has 1 aliphatic rings. The molecule has 0 bridgehead atoms. The summed E-state index contributed by atoms with van der Waals surface area (Å²) in [6.45, 7) is 4.84. The van der Waals surface area contributed by atoms with Gasteiger partial charge in [0.15, 0.2) is 0 Å². The summed E-state index contributed by atoms with van der Waals surface area (Å²) >= 11 is 0. The van der Waals surface area contributed by atoms with Crippen LogP contribution in [-0.2, 0) is 0 Å². The zero-order valence-electron chi connectivity index (χ0n) is 11.5. The van der Waals surface area contributed by atoms with Crippen LogP contribution in [0.1, 0.15) is 44.7 Å². The molecule has 0 aromatic heterocycles. The van der Waals surface area contributed by atoms with Crippen LogP contribution in [0, 0.1) is 11.8 Å². The van der Waals surface area contributed by atoms with Crippen molar-refractivity contribution >= 4 is 0 Å². The summed E-state index contributed by atoms with van der Waals surface area (Å²) < 4.78 is 0. The first kappa shape index (κ1) is 13.6. The number of aliphatic hydroxyl groups is 1. The van der Waals surface area contributed by atoms with Crippen molar-refractivity contribution in [3.05, 3.63) is 35.9 Å². The Bertz CT molecular complexity index is 351. The van der Waals surface area contributed by atoms with E-state index in [0.29, 0.717) is 12.0 Å². The van der Waals surface area contributed by atoms with Gasteiger partial charge in [-0.1, -0.05) is 57.0 Å². The Hall–Kier alpha value is -0.860. The molecule has 0 heterocycles. The van der Waals surface area contributed by atoms with Crippen LogP contribution in [0.4, 0.5) is 0 Å². The quantitative estimate of drug-likeness (QED) is 0.856. The molecule has 2 heteroatoms. The normalized spacial score (nSPS) is 30.1. The predicted octanol–water partition coefficient (Wildman–Crippen LogP) is 3.13. The first-order valence-corrected chi connectivity index (χ1v) is 7.14. The van der Waals surface area contributed by atoms with Gasteiger partial charge in [0.1, 0.15) is 0 Å². The van der Waals surface area contributed by atoms with Crippen LogP contribution in [-0.4, -0.2) is 17.8 Å². The van der Waals surface area contributed by atoms with E-state index in [-0.39, 0.29) is 12.6 Å². The lowest BCUT2D eigenvalue weighted by molar-refractivity contribution is 0.165. The molecule has 1 saturated carbocycles. The van der Waals surface area contributed by atoms with E-state index in [9.17, 15) is 5.11 Å². The third-order valence-electron chi connectivity index (χ3n) is 4.51. The van der Waals surface area contributed by atoms with E-state index in [0.717, 1.165) is 5.92 Å².